The second-order valence-electron chi connectivity index (χ2n) is 4.26. The summed E-state index contributed by atoms with van der Waals surface area (Å²) in [7, 11) is 0. The smallest absolute Gasteiger partial charge is 0.221 e. The number of thiophene rings is 1. The highest BCUT2D eigenvalue weighted by atomic mass is 32.1. The van der Waals surface area contributed by atoms with E-state index in [-0.39, 0.29) is 11.7 Å². The molecule has 0 spiro atoms. The highest BCUT2D eigenvalue weighted by Gasteiger charge is 2.06. The molecule has 3 nitrogen and oxygen atoms in total. The number of benzene rings is 1. The van der Waals surface area contributed by atoms with Gasteiger partial charge in [0, 0.05) is 17.5 Å². The quantitative estimate of drug-likeness (QED) is 0.894. The van der Waals surface area contributed by atoms with Crippen molar-refractivity contribution >= 4 is 28.6 Å². The second-order valence-corrected chi connectivity index (χ2v) is 5.26. The first kappa shape index (κ1) is 13.5. The highest BCUT2D eigenvalue weighted by molar-refractivity contribution is 7.10. The largest absolute Gasteiger partial charge is 0.380 e. The Morgan fingerprint density at radius 2 is 2.16 bits per heavy atom. The van der Waals surface area contributed by atoms with Crippen LogP contribution in [0, 0.1) is 12.7 Å². The van der Waals surface area contributed by atoms with Crippen molar-refractivity contribution in [2.75, 3.05) is 10.6 Å². The molecule has 0 unspecified atom stereocenters. The molecule has 0 aliphatic heterocycles. The molecule has 1 aromatic heterocycles. The number of halogens is 1. The molecule has 0 atom stereocenters. The van der Waals surface area contributed by atoms with E-state index in [1.807, 2.05) is 17.5 Å². The van der Waals surface area contributed by atoms with Crippen LogP contribution < -0.4 is 10.6 Å². The third kappa shape index (κ3) is 3.54. The Hall–Kier alpha value is -1.88. The van der Waals surface area contributed by atoms with E-state index in [0.717, 1.165) is 16.3 Å². The van der Waals surface area contributed by atoms with Crippen LogP contribution in [0.5, 0.6) is 0 Å². The van der Waals surface area contributed by atoms with Gasteiger partial charge >= 0.3 is 0 Å². The summed E-state index contributed by atoms with van der Waals surface area (Å²) in [5, 5.41) is 7.83. The van der Waals surface area contributed by atoms with Crippen molar-refractivity contribution < 1.29 is 9.18 Å². The summed E-state index contributed by atoms with van der Waals surface area (Å²) < 4.78 is 13.4. The first-order valence-electron chi connectivity index (χ1n) is 5.90. The number of hydrogen-bond donors (Lipinski definition) is 2. The molecule has 0 bridgehead atoms. The van der Waals surface area contributed by atoms with Gasteiger partial charge in [-0.25, -0.2) is 4.39 Å². The third-order valence-electron chi connectivity index (χ3n) is 2.68. The van der Waals surface area contributed by atoms with Crippen LogP contribution in [0.3, 0.4) is 0 Å². The lowest BCUT2D eigenvalue weighted by Gasteiger charge is -2.08. The lowest BCUT2D eigenvalue weighted by atomic mass is 10.2. The Morgan fingerprint density at radius 3 is 2.84 bits per heavy atom. The van der Waals surface area contributed by atoms with Gasteiger partial charge in [0.2, 0.25) is 5.91 Å². The van der Waals surface area contributed by atoms with Crippen molar-refractivity contribution in [3.63, 3.8) is 0 Å². The van der Waals surface area contributed by atoms with E-state index in [9.17, 15) is 9.18 Å². The fraction of sp³-hybridized carbons (Fsp3) is 0.214. The van der Waals surface area contributed by atoms with Gasteiger partial charge in [0.1, 0.15) is 5.82 Å². The number of amides is 1. The molecule has 0 saturated carbocycles. The molecule has 1 aromatic carbocycles. The lowest BCUT2D eigenvalue weighted by Crippen LogP contribution is -2.08. The average molecular weight is 278 g/mol. The van der Waals surface area contributed by atoms with Crippen molar-refractivity contribution in [2.45, 2.75) is 20.4 Å². The molecule has 0 radical (unpaired) electrons. The minimum absolute atomic E-state index is 0.0963. The topological polar surface area (TPSA) is 41.1 Å². The molecule has 100 valence electrons. The summed E-state index contributed by atoms with van der Waals surface area (Å²) in [4.78, 5) is 12.1. The first-order chi connectivity index (χ1) is 9.06. The molecule has 0 fully saturated rings. The number of nitrogens with one attached hydrogen (secondary N) is 2. The summed E-state index contributed by atoms with van der Waals surface area (Å²) in [5.74, 6) is -0.320. The van der Waals surface area contributed by atoms with Crippen LogP contribution in [0.25, 0.3) is 0 Å². The summed E-state index contributed by atoms with van der Waals surface area (Å²) >= 11 is 1.55. The van der Waals surface area contributed by atoms with Gasteiger partial charge in [-0.2, -0.15) is 0 Å². The van der Waals surface area contributed by atoms with Gasteiger partial charge in [0.25, 0.3) is 0 Å². The van der Waals surface area contributed by atoms with Gasteiger partial charge < -0.3 is 10.6 Å². The normalized spacial score (nSPS) is 10.3. The zero-order chi connectivity index (χ0) is 13.8. The molecule has 5 heteroatoms. The average Bonchev–Trinajstić information content (AvgIpc) is 2.77. The van der Waals surface area contributed by atoms with E-state index in [0.29, 0.717) is 12.1 Å². The highest BCUT2D eigenvalue weighted by Crippen LogP contribution is 2.24. The Labute approximate surface area is 115 Å². The van der Waals surface area contributed by atoms with Crippen molar-refractivity contribution in [1.29, 1.82) is 0 Å². The van der Waals surface area contributed by atoms with E-state index in [1.54, 1.807) is 24.3 Å². The molecule has 0 aliphatic rings. The molecule has 2 aromatic rings. The van der Waals surface area contributed by atoms with Crippen molar-refractivity contribution in [3.05, 3.63) is 45.9 Å². The Balaban J connectivity index is 2.04. The van der Waals surface area contributed by atoms with E-state index >= 15 is 0 Å². The minimum atomic E-state index is -0.224. The van der Waals surface area contributed by atoms with Gasteiger partial charge in [0.05, 0.1) is 12.2 Å². The molecular formula is C14H15FN2OS. The Kier molecular flexibility index (Phi) is 4.16. The first-order valence-corrected chi connectivity index (χ1v) is 6.78. The van der Waals surface area contributed by atoms with Gasteiger partial charge in [-0.05, 0) is 36.1 Å². The zero-order valence-corrected chi connectivity index (χ0v) is 11.6. The number of hydrogen-bond acceptors (Lipinski definition) is 3. The van der Waals surface area contributed by atoms with E-state index in [1.165, 1.54) is 13.0 Å². The standard InChI is InChI=1S/C14H15FN2OS/c1-9-3-4-11(7-12(9)15)16-8-14-13(5-6-19-14)17-10(2)18/h3-7,16H,8H2,1-2H3,(H,17,18). The molecular weight excluding hydrogens is 263 g/mol. The SMILES string of the molecule is CC(=O)Nc1ccsc1CNc1ccc(C)c(F)c1. The Bertz CT molecular complexity index is 595. The fourth-order valence-electron chi connectivity index (χ4n) is 1.66. The number of rotatable bonds is 4. The maximum Gasteiger partial charge on any atom is 0.221 e. The predicted molar refractivity (Wildman–Crippen MR) is 77.1 cm³/mol. The van der Waals surface area contributed by atoms with Crippen molar-refractivity contribution in [3.8, 4) is 0 Å². The zero-order valence-electron chi connectivity index (χ0n) is 10.8. The van der Waals surface area contributed by atoms with Crippen LogP contribution in [-0.2, 0) is 11.3 Å². The maximum atomic E-state index is 13.4. The lowest BCUT2D eigenvalue weighted by molar-refractivity contribution is -0.114. The molecule has 0 saturated heterocycles. The van der Waals surface area contributed by atoms with Crippen LogP contribution >= 0.6 is 11.3 Å². The second kappa shape index (κ2) is 5.84. The van der Waals surface area contributed by atoms with Crippen LogP contribution in [0.1, 0.15) is 17.4 Å². The van der Waals surface area contributed by atoms with Gasteiger partial charge in [-0.15, -0.1) is 11.3 Å². The number of carbonyl (C=O) groups excluding carboxylic acids is 1. The van der Waals surface area contributed by atoms with Gasteiger partial charge in [0.15, 0.2) is 0 Å². The predicted octanol–water partition coefficient (Wildman–Crippen LogP) is 3.77. The third-order valence-corrected chi connectivity index (χ3v) is 3.60. The molecule has 2 N–H and O–H groups in total. The molecule has 2 rings (SSSR count). The van der Waals surface area contributed by atoms with Crippen LogP contribution in [-0.4, -0.2) is 5.91 Å². The van der Waals surface area contributed by atoms with E-state index in [4.69, 9.17) is 0 Å². The number of carbonyl (C=O) groups is 1. The molecule has 19 heavy (non-hydrogen) atoms. The minimum Gasteiger partial charge on any atom is -0.380 e. The summed E-state index contributed by atoms with van der Waals surface area (Å²) in [6.45, 7) is 3.76. The van der Waals surface area contributed by atoms with Crippen molar-refractivity contribution in [2.24, 2.45) is 0 Å². The van der Waals surface area contributed by atoms with Crippen LogP contribution in [0.4, 0.5) is 15.8 Å². The van der Waals surface area contributed by atoms with E-state index < -0.39 is 0 Å². The summed E-state index contributed by atoms with van der Waals surface area (Å²) in [6, 6.07) is 6.91. The summed E-state index contributed by atoms with van der Waals surface area (Å²) in [6.07, 6.45) is 0. The van der Waals surface area contributed by atoms with E-state index in [2.05, 4.69) is 10.6 Å². The maximum absolute atomic E-state index is 13.4. The number of aryl methyl sites for hydroxylation is 1. The van der Waals surface area contributed by atoms with Crippen molar-refractivity contribution in [1.82, 2.24) is 0 Å². The van der Waals surface area contributed by atoms with Gasteiger partial charge in [-0.1, -0.05) is 6.07 Å². The van der Waals surface area contributed by atoms with Gasteiger partial charge in [-0.3, -0.25) is 4.79 Å². The molecule has 0 aliphatic carbocycles. The fourth-order valence-corrected chi connectivity index (χ4v) is 2.43. The Morgan fingerprint density at radius 1 is 1.37 bits per heavy atom. The monoisotopic (exact) mass is 278 g/mol. The molecule has 1 amide bonds. The van der Waals surface area contributed by atoms with Crippen LogP contribution in [0.2, 0.25) is 0 Å². The molecule has 1 heterocycles. The number of anilines is 2. The van der Waals surface area contributed by atoms with Crippen LogP contribution in [0.15, 0.2) is 29.6 Å². The summed E-state index contributed by atoms with van der Waals surface area (Å²) in [5.41, 5.74) is 2.16.